The predicted molar refractivity (Wildman–Crippen MR) is 121 cm³/mol. The van der Waals surface area contributed by atoms with Crippen LogP contribution in [0.3, 0.4) is 0 Å². The fourth-order valence-electron chi connectivity index (χ4n) is 6.28. The largest absolute Gasteiger partial charge is 0.315 e. The molecule has 1 saturated carbocycles. The van der Waals surface area contributed by atoms with Gasteiger partial charge in [-0.15, -0.1) is 0 Å². The molecule has 0 bridgehead atoms. The van der Waals surface area contributed by atoms with E-state index in [9.17, 15) is 9.59 Å². The number of rotatable bonds is 4. The first-order valence-corrected chi connectivity index (χ1v) is 11.5. The first-order chi connectivity index (χ1) is 14.8. The molecule has 162 valence electrons. The highest BCUT2D eigenvalue weighted by atomic mass is 35.5. The van der Waals surface area contributed by atoms with E-state index in [1.807, 2.05) is 12.1 Å². The molecular weight excluding hydrogens is 408 g/mol. The Morgan fingerprint density at radius 2 is 1.77 bits per heavy atom. The molecule has 2 heterocycles. The quantitative estimate of drug-likeness (QED) is 0.688. The number of hydrogen-bond acceptors (Lipinski definition) is 3. The summed E-state index contributed by atoms with van der Waals surface area (Å²) in [6.45, 7) is 8.33. The molecule has 0 radical (unpaired) electrons. The molecular formula is C26H29ClN2O2. The van der Waals surface area contributed by atoms with E-state index in [0.29, 0.717) is 18.0 Å². The summed E-state index contributed by atoms with van der Waals surface area (Å²) in [5, 5.41) is 0.695. The number of nitrogens with zero attached hydrogens (tertiary/aromatic N) is 2. The Balaban J connectivity index is 1.52. The van der Waals surface area contributed by atoms with Gasteiger partial charge in [0.25, 0.3) is 0 Å². The summed E-state index contributed by atoms with van der Waals surface area (Å²) in [4.78, 5) is 30.3. The molecule has 31 heavy (non-hydrogen) atoms. The topological polar surface area (TPSA) is 40.6 Å². The van der Waals surface area contributed by atoms with Crippen LogP contribution in [-0.2, 0) is 21.8 Å². The molecule has 0 aromatic heterocycles. The van der Waals surface area contributed by atoms with Crippen LogP contribution in [-0.4, -0.2) is 34.6 Å². The van der Waals surface area contributed by atoms with E-state index in [4.69, 9.17) is 11.6 Å². The summed E-state index contributed by atoms with van der Waals surface area (Å²) in [5.41, 5.74) is 2.85. The standard InChI is InChI=1S/C26H29ClN2O2/c1-17(30)23-14-20(25(23,2)3)15-24(31)29-13-12-28-16-18-6-4-5-7-22(18)26(28,29)19-8-10-21(27)11-9-19/h4-11,20,23H,12-16H2,1-3H3/t20-,23+,26?/m0/s1. The first kappa shape index (κ1) is 20.7. The van der Waals surface area contributed by atoms with Crippen molar-refractivity contribution in [2.45, 2.75) is 45.8 Å². The number of carbonyl (C=O) groups is 2. The average Bonchev–Trinajstić information content (AvgIpc) is 3.25. The van der Waals surface area contributed by atoms with Gasteiger partial charge in [-0.2, -0.15) is 0 Å². The number of amides is 1. The maximum Gasteiger partial charge on any atom is 0.224 e. The molecule has 3 atom stereocenters. The molecule has 1 amide bonds. The van der Waals surface area contributed by atoms with Crippen LogP contribution < -0.4 is 0 Å². The summed E-state index contributed by atoms with van der Waals surface area (Å²) >= 11 is 6.20. The van der Waals surface area contributed by atoms with Crippen LogP contribution in [0, 0.1) is 17.3 Å². The summed E-state index contributed by atoms with van der Waals surface area (Å²) in [6, 6.07) is 16.4. The van der Waals surface area contributed by atoms with Gasteiger partial charge in [-0.25, -0.2) is 0 Å². The average molecular weight is 437 g/mol. The lowest BCUT2D eigenvalue weighted by Crippen LogP contribution is -2.54. The molecule has 5 heteroatoms. The third-order valence-corrected chi connectivity index (χ3v) is 8.38. The van der Waals surface area contributed by atoms with Crippen LogP contribution in [0.15, 0.2) is 48.5 Å². The van der Waals surface area contributed by atoms with Crippen molar-refractivity contribution in [1.29, 1.82) is 0 Å². The van der Waals surface area contributed by atoms with E-state index in [2.05, 4.69) is 60.0 Å². The minimum absolute atomic E-state index is 0.0674. The molecule has 3 aliphatic rings. The van der Waals surface area contributed by atoms with Gasteiger partial charge in [0.1, 0.15) is 11.4 Å². The van der Waals surface area contributed by atoms with Crippen molar-refractivity contribution < 1.29 is 9.59 Å². The van der Waals surface area contributed by atoms with Gasteiger partial charge in [0.05, 0.1) is 0 Å². The number of hydrogen-bond donors (Lipinski definition) is 0. The van der Waals surface area contributed by atoms with Crippen molar-refractivity contribution in [3.63, 3.8) is 0 Å². The van der Waals surface area contributed by atoms with Crippen LogP contribution in [0.5, 0.6) is 0 Å². The van der Waals surface area contributed by atoms with Crippen molar-refractivity contribution in [2.75, 3.05) is 13.1 Å². The Hall–Kier alpha value is -2.17. The normalized spacial score (nSPS) is 28.7. The van der Waals surface area contributed by atoms with E-state index in [0.717, 1.165) is 25.1 Å². The third-order valence-electron chi connectivity index (χ3n) is 8.13. The van der Waals surface area contributed by atoms with Gasteiger partial charge in [0.15, 0.2) is 0 Å². The number of benzene rings is 2. The van der Waals surface area contributed by atoms with E-state index >= 15 is 0 Å². The zero-order valence-electron chi connectivity index (χ0n) is 18.4. The molecule has 1 aliphatic carbocycles. The Labute approximate surface area is 189 Å². The van der Waals surface area contributed by atoms with Gasteiger partial charge >= 0.3 is 0 Å². The van der Waals surface area contributed by atoms with Crippen LogP contribution in [0.2, 0.25) is 5.02 Å². The minimum atomic E-state index is -0.577. The van der Waals surface area contributed by atoms with Gasteiger partial charge < -0.3 is 4.90 Å². The molecule has 2 aromatic rings. The monoisotopic (exact) mass is 436 g/mol. The van der Waals surface area contributed by atoms with Gasteiger partial charge in [-0.3, -0.25) is 14.5 Å². The minimum Gasteiger partial charge on any atom is -0.315 e. The summed E-state index contributed by atoms with van der Waals surface area (Å²) in [5.74, 6) is 0.720. The Kier molecular flexibility index (Phi) is 4.80. The van der Waals surface area contributed by atoms with Crippen LogP contribution in [0.1, 0.15) is 50.3 Å². The lowest BCUT2D eigenvalue weighted by Gasteiger charge is -2.52. The molecule has 0 spiro atoms. The van der Waals surface area contributed by atoms with Crippen molar-refractivity contribution in [1.82, 2.24) is 9.80 Å². The second-order valence-corrected chi connectivity index (χ2v) is 10.4. The number of fused-ring (bicyclic) bond motifs is 3. The fraction of sp³-hybridized carbons (Fsp3) is 0.462. The molecule has 2 aliphatic heterocycles. The second-order valence-electron chi connectivity index (χ2n) is 9.92. The summed E-state index contributed by atoms with van der Waals surface area (Å²) in [7, 11) is 0. The maximum atomic E-state index is 13.8. The highest BCUT2D eigenvalue weighted by Gasteiger charge is 2.57. The van der Waals surface area contributed by atoms with Gasteiger partial charge in [-0.1, -0.05) is 61.8 Å². The third kappa shape index (κ3) is 2.91. The van der Waals surface area contributed by atoms with Gasteiger partial charge in [0.2, 0.25) is 5.91 Å². The van der Waals surface area contributed by atoms with Crippen molar-refractivity contribution in [3.05, 3.63) is 70.2 Å². The van der Waals surface area contributed by atoms with Crippen LogP contribution >= 0.6 is 11.6 Å². The Morgan fingerprint density at radius 1 is 1.06 bits per heavy atom. The number of ketones is 1. The highest BCUT2D eigenvalue weighted by molar-refractivity contribution is 6.30. The lowest BCUT2D eigenvalue weighted by molar-refractivity contribution is -0.148. The van der Waals surface area contributed by atoms with Gasteiger partial charge in [-0.05, 0) is 47.9 Å². The van der Waals surface area contributed by atoms with Crippen LogP contribution in [0.4, 0.5) is 0 Å². The number of carbonyl (C=O) groups excluding carboxylic acids is 2. The van der Waals surface area contributed by atoms with Gasteiger partial charge in [0, 0.05) is 42.6 Å². The first-order valence-electron chi connectivity index (χ1n) is 11.2. The summed E-state index contributed by atoms with van der Waals surface area (Å²) in [6.07, 6.45) is 1.30. The predicted octanol–water partition coefficient (Wildman–Crippen LogP) is 4.84. The van der Waals surface area contributed by atoms with E-state index in [1.54, 1.807) is 6.92 Å². The maximum absolute atomic E-state index is 13.8. The molecule has 5 rings (SSSR count). The SMILES string of the molecule is CC(=O)[C@H]1C[C@@H](CC(=O)N2CCN3Cc4ccccc4C32c2ccc(Cl)cc2)C1(C)C. The number of Topliss-reactive ketones (excluding diaryl/α,β-unsaturated/α-hetero) is 1. The van der Waals surface area contributed by atoms with E-state index < -0.39 is 5.66 Å². The Morgan fingerprint density at radius 3 is 2.45 bits per heavy atom. The van der Waals surface area contributed by atoms with E-state index in [1.165, 1.54) is 11.1 Å². The molecule has 0 N–H and O–H groups in total. The molecule has 4 nitrogen and oxygen atoms in total. The van der Waals surface area contributed by atoms with Crippen molar-refractivity contribution >= 4 is 23.3 Å². The zero-order valence-corrected chi connectivity index (χ0v) is 19.2. The molecule has 1 saturated heterocycles. The highest BCUT2D eigenvalue weighted by Crippen LogP contribution is 2.55. The zero-order chi connectivity index (χ0) is 22.0. The van der Waals surface area contributed by atoms with E-state index in [-0.39, 0.29) is 28.9 Å². The lowest BCUT2D eigenvalue weighted by atomic mass is 9.52. The van der Waals surface area contributed by atoms with Crippen LogP contribution in [0.25, 0.3) is 0 Å². The van der Waals surface area contributed by atoms with Crippen molar-refractivity contribution in [2.24, 2.45) is 17.3 Å². The fourth-order valence-corrected chi connectivity index (χ4v) is 6.41. The van der Waals surface area contributed by atoms with Crippen molar-refractivity contribution in [3.8, 4) is 0 Å². The second kappa shape index (κ2) is 7.18. The summed E-state index contributed by atoms with van der Waals surface area (Å²) < 4.78 is 0. The molecule has 2 fully saturated rings. The molecule has 2 aromatic carbocycles. The smallest absolute Gasteiger partial charge is 0.224 e. The number of halogens is 1. The Bertz CT molecular complexity index is 1050. The molecule has 1 unspecified atom stereocenters.